The Hall–Kier alpha value is -4.27. The van der Waals surface area contributed by atoms with Gasteiger partial charge in [-0.15, -0.1) is 0 Å². The van der Waals surface area contributed by atoms with Crippen LogP contribution in [0.2, 0.25) is 0 Å². The molecule has 0 unspecified atom stereocenters. The highest BCUT2D eigenvalue weighted by Crippen LogP contribution is 2.26. The van der Waals surface area contributed by atoms with Crippen molar-refractivity contribution in [1.82, 2.24) is 24.8 Å². The quantitative estimate of drug-likeness (QED) is 0.460. The van der Waals surface area contributed by atoms with Crippen molar-refractivity contribution in [3.8, 4) is 17.0 Å². The zero-order valence-corrected chi connectivity index (χ0v) is 20.7. The van der Waals surface area contributed by atoms with Gasteiger partial charge >= 0.3 is 0 Å². The summed E-state index contributed by atoms with van der Waals surface area (Å²) in [5.74, 6) is 1.49. The molecule has 1 aliphatic heterocycles. The van der Waals surface area contributed by atoms with Crippen molar-refractivity contribution >= 4 is 28.8 Å². The molecule has 0 radical (unpaired) electrons. The van der Waals surface area contributed by atoms with Crippen molar-refractivity contribution in [2.24, 2.45) is 0 Å². The standard InChI is InChI=1S/C27H29N7O2/c1-17-7-9-20(10-8-17)21-15-29-25-24(30-21)26(32-27(28)31-25)34-13-11-33(12-14-34)23(35)16-36-22-6-4-5-18(2)19(22)3/h4-10,15H,11-14,16H2,1-3H3,(H2,28,29,31,32). The lowest BCUT2D eigenvalue weighted by Gasteiger charge is -2.35. The van der Waals surface area contributed by atoms with Crippen LogP contribution in [0.5, 0.6) is 5.75 Å². The fourth-order valence-electron chi connectivity index (χ4n) is 4.27. The van der Waals surface area contributed by atoms with Crippen molar-refractivity contribution in [3.63, 3.8) is 0 Å². The predicted octanol–water partition coefficient (Wildman–Crippen LogP) is 3.32. The van der Waals surface area contributed by atoms with E-state index in [-0.39, 0.29) is 18.5 Å². The predicted molar refractivity (Wildman–Crippen MR) is 140 cm³/mol. The Morgan fingerprint density at radius 2 is 1.72 bits per heavy atom. The molecule has 0 aliphatic carbocycles. The number of aryl methyl sites for hydroxylation is 2. The van der Waals surface area contributed by atoms with Crippen LogP contribution in [0.15, 0.2) is 48.7 Å². The lowest BCUT2D eigenvalue weighted by atomic mass is 10.1. The van der Waals surface area contributed by atoms with Gasteiger partial charge in [-0.3, -0.25) is 4.79 Å². The highest BCUT2D eigenvalue weighted by molar-refractivity contribution is 5.86. The van der Waals surface area contributed by atoms with E-state index in [1.807, 2.05) is 68.1 Å². The number of benzene rings is 2. The highest BCUT2D eigenvalue weighted by Gasteiger charge is 2.25. The smallest absolute Gasteiger partial charge is 0.260 e. The third kappa shape index (κ3) is 4.77. The Morgan fingerprint density at radius 1 is 0.972 bits per heavy atom. The third-order valence-corrected chi connectivity index (χ3v) is 6.59. The molecule has 1 saturated heterocycles. The molecule has 0 bridgehead atoms. The number of hydrogen-bond donors (Lipinski definition) is 1. The first kappa shape index (κ1) is 23.5. The van der Waals surface area contributed by atoms with Gasteiger partial charge in [0.25, 0.3) is 5.91 Å². The summed E-state index contributed by atoms with van der Waals surface area (Å²) in [6.45, 7) is 8.37. The van der Waals surface area contributed by atoms with Crippen LogP contribution >= 0.6 is 0 Å². The van der Waals surface area contributed by atoms with E-state index in [0.29, 0.717) is 43.2 Å². The normalized spacial score (nSPS) is 13.8. The molecule has 9 nitrogen and oxygen atoms in total. The minimum absolute atomic E-state index is 0.0130. The molecule has 0 saturated carbocycles. The Kier molecular flexibility index (Phi) is 6.37. The number of piperazine rings is 1. The molecule has 1 aliphatic rings. The number of carbonyl (C=O) groups excluding carboxylic acids is 1. The van der Waals surface area contributed by atoms with Crippen LogP contribution in [0.25, 0.3) is 22.4 Å². The molecule has 184 valence electrons. The number of carbonyl (C=O) groups is 1. The van der Waals surface area contributed by atoms with Crippen LogP contribution in [0, 0.1) is 20.8 Å². The average Bonchev–Trinajstić information content (AvgIpc) is 2.89. The largest absolute Gasteiger partial charge is 0.483 e. The minimum Gasteiger partial charge on any atom is -0.483 e. The van der Waals surface area contributed by atoms with Crippen molar-refractivity contribution in [2.45, 2.75) is 20.8 Å². The van der Waals surface area contributed by atoms with Gasteiger partial charge < -0.3 is 20.3 Å². The lowest BCUT2D eigenvalue weighted by molar-refractivity contribution is -0.133. The topological polar surface area (TPSA) is 110 Å². The molecule has 3 heterocycles. The van der Waals surface area contributed by atoms with Crippen molar-refractivity contribution in [1.29, 1.82) is 0 Å². The summed E-state index contributed by atoms with van der Waals surface area (Å²) in [4.78, 5) is 34.8. The van der Waals surface area contributed by atoms with E-state index in [9.17, 15) is 4.79 Å². The van der Waals surface area contributed by atoms with Gasteiger partial charge in [-0.1, -0.05) is 42.0 Å². The SMILES string of the molecule is Cc1ccc(-c2cnc3nc(N)nc(N4CCN(C(=O)COc5cccc(C)c5C)CC4)c3n2)cc1. The highest BCUT2D eigenvalue weighted by atomic mass is 16.5. The molecule has 2 aromatic carbocycles. The summed E-state index contributed by atoms with van der Waals surface area (Å²) in [6, 6.07) is 14.0. The van der Waals surface area contributed by atoms with E-state index >= 15 is 0 Å². The van der Waals surface area contributed by atoms with Gasteiger partial charge in [0.05, 0.1) is 11.9 Å². The number of ether oxygens (including phenoxy) is 1. The number of rotatable bonds is 5. The second kappa shape index (κ2) is 9.77. The van der Waals surface area contributed by atoms with Gasteiger partial charge in [0.2, 0.25) is 5.95 Å². The van der Waals surface area contributed by atoms with Crippen molar-refractivity contribution in [2.75, 3.05) is 43.4 Å². The van der Waals surface area contributed by atoms with Gasteiger partial charge in [0.15, 0.2) is 23.6 Å². The Morgan fingerprint density at radius 3 is 2.47 bits per heavy atom. The third-order valence-electron chi connectivity index (χ3n) is 6.59. The van der Waals surface area contributed by atoms with E-state index in [4.69, 9.17) is 15.5 Å². The van der Waals surface area contributed by atoms with E-state index in [1.165, 1.54) is 5.56 Å². The molecular formula is C27H29N7O2. The number of nitrogens with two attached hydrogens (primary N) is 1. The first-order valence-corrected chi connectivity index (χ1v) is 12.0. The van der Waals surface area contributed by atoms with E-state index in [1.54, 1.807) is 6.20 Å². The maximum Gasteiger partial charge on any atom is 0.260 e. The Bertz CT molecular complexity index is 1410. The van der Waals surface area contributed by atoms with Crippen LogP contribution in [-0.4, -0.2) is 63.5 Å². The second-order valence-corrected chi connectivity index (χ2v) is 9.05. The summed E-state index contributed by atoms with van der Waals surface area (Å²) in [6.07, 6.45) is 1.70. The number of nitrogen functional groups attached to an aromatic ring is 1. The molecular weight excluding hydrogens is 454 g/mol. The number of fused-ring (bicyclic) bond motifs is 1. The fourth-order valence-corrected chi connectivity index (χ4v) is 4.27. The molecule has 0 atom stereocenters. The first-order chi connectivity index (χ1) is 17.4. The van der Waals surface area contributed by atoms with Gasteiger partial charge in [-0.2, -0.15) is 9.97 Å². The summed E-state index contributed by atoms with van der Waals surface area (Å²) in [7, 11) is 0. The monoisotopic (exact) mass is 483 g/mol. The minimum atomic E-state index is -0.0379. The van der Waals surface area contributed by atoms with Crippen LogP contribution in [0.3, 0.4) is 0 Å². The Balaban J connectivity index is 1.31. The maximum absolute atomic E-state index is 12.8. The molecule has 0 spiro atoms. The van der Waals surface area contributed by atoms with Crippen molar-refractivity contribution < 1.29 is 9.53 Å². The lowest BCUT2D eigenvalue weighted by Crippen LogP contribution is -2.50. The summed E-state index contributed by atoms with van der Waals surface area (Å²) in [5.41, 5.74) is 12.1. The summed E-state index contributed by atoms with van der Waals surface area (Å²) < 4.78 is 5.82. The van der Waals surface area contributed by atoms with Crippen LogP contribution in [0.4, 0.5) is 11.8 Å². The van der Waals surface area contributed by atoms with Gasteiger partial charge in [0, 0.05) is 31.7 Å². The molecule has 1 fully saturated rings. The van der Waals surface area contributed by atoms with E-state index in [0.717, 1.165) is 28.1 Å². The Labute approximate surface area is 210 Å². The van der Waals surface area contributed by atoms with Gasteiger partial charge in [-0.05, 0) is 38.0 Å². The van der Waals surface area contributed by atoms with E-state index in [2.05, 4.69) is 19.9 Å². The summed E-state index contributed by atoms with van der Waals surface area (Å²) >= 11 is 0. The fraction of sp³-hybridized carbons (Fsp3) is 0.296. The van der Waals surface area contributed by atoms with Gasteiger partial charge in [0.1, 0.15) is 5.75 Å². The zero-order chi connectivity index (χ0) is 25.2. The molecule has 36 heavy (non-hydrogen) atoms. The van der Waals surface area contributed by atoms with Crippen LogP contribution < -0.4 is 15.4 Å². The average molecular weight is 484 g/mol. The second-order valence-electron chi connectivity index (χ2n) is 9.05. The molecule has 5 rings (SSSR count). The van der Waals surface area contributed by atoms with E-state index < -0.39 is 0 Å². The number of nitrogens with zero attached hydrogens (tertiary/aromatic N) is 6. The molecule has 2 N–H and O–H groups in total. The van der Waals surface area contributed by atoms with Crippen molar-refractivity contribution in [3.05, 3.63) is 65.4 Å². The van der Waals surface area contributed by atoms with Crippen LogP contribution in [0.1, 0.15) is 16.7 Å². The molecule has 1 amide bonds. The molecule has 9 heteroatoms. The molecule has 2 aromatic heterocycles. The van der Waals surface area contributed by atoms with Crippen LogP contribution in [-0.2, 0) is 4.79 Å². The summed E-state index contributed by atoms with van der Waals surface area (Å²) in [5, 5.41) is 0. The number of anilines is 2. The van der Waals surface area contributed by atoms with Gasteiger partial charge in [-0.25, -0.2) is 9.97 Å². The number of aromatic nitrogens is 4. The molecule has 4 aromatic rings. The zero-order valence-electron chi connectivity index (χ0n) is 20.7. The number of hydrogen-bond acceptors (Lipinski definition) is 8. The number of amides is 1. The first-order valence-electron chi connectivity index (χ1n) is 12.0. The maximum atomic E-state index is 12.8.